The number of nitrogens with zero attached hydrogens (tertiary/aromatic N) is 1. The Labute approximate surface area is 162 Å². The van der Waals surface area contributed by atoms with E-state index in [0.717, 1.165) is 5.56 Å². The van der Waals surface area contributed by atoms with Crippen molar-refractivity contribution < 1.29 is 13.9 Å². The molecule has 2 aromatic carbocycles. The number of carbonyl (C=O) groups excluding carboxylic acids is 1. The lowest BCUT2D eigenvalue weighted by atomic mass is 10.1. The number of hydrogen-bond acceptors (Lipinski definition) is 3. The van der Waals surface area contributed by atoms with E-state index in [-0.39, 0.29) is 11.7 Å². The number of carbonyl (C=O) groups is 1. The molecule has 0 heterocycles. The van der Waals surface area contributed by atoms with Gasteiger partial charge < -0.3 is 10.1 Å². The Morgan fingerprint density at radius 3 is 2.62 bits per heavy atom. The van der Waals surface area contributed by atoms with E-state index in [2.05, 4.69) is 5.32 Å². The van der Waals surface area contributed by atoms with E-state index in [1.807, 2.05) is 11.8 Å². The molecule has 0 fully saturated rings. The quantitative estimate of drug-likeness (QED) is 0.713. The number of rotatable bonds is 7. The number of anilines is 1. The van der Waals surface area contributed by atoms with E-state index >= 15 is 0 Å². The maximum absolute atomic E-state index is 13.9. The first kappa shape index (κ1) is 20.5. The Kier molecular flexibility index (Phi) is 7.26. The smallest absolute Gasteiger partial charge is 0.241 e. The van der Waals surface area contributed by atoms with Gasteiger partial charge in [-0.1, -0.05) is 36.2 Å². The molecule has 4 nitrogen and oxygen atoms in total. The minimum Gasteiger partial charge on any atom is -0.494 e. The van der Waals surface area contributed by atoms with Gasteiger partial charge in [0.15, 0.2) is 11.6 Å². The standard InChI is InChI=1S/C19H21Cl2FN2O2/c1-4-24(11-13-5-8-18(26-3)16(22)9-13)12(2)19(25)23-17-10-14(20)6-7-15(17)21/h5-10,12H,4,11H2,1-3H3,(H,23,25)/t12-/m0/s1. The van der Waals surface area contributed by atoms with Crippen molar-refractivity contribution >= 4 is 34.8 Å². The highest BCUT2D eigenvalue weighted by molar-refractivity contribution is 6.35. The van der Waals surface area contributed by atoms with E-state index in [1.165, 1.54) is 13.2 Å². The molecule has 26 heavy (non-hydrogen) atoms. The van der Waals surface area contributed by atoms with Gasteiger partial charge >= 0.3 is 0 Å². The lowest BCUT2D eigenvalue weighted by Gasteiger charge is -2.27. The van der Waals surface area contributed by atoms with Crippen LogP contribution >= 0.6 is 23.2 Å². The van der Waals surface area contributed by atoms with E-state index in [4.69, 9.17) is 27.9 Å². The van der Waals surface area contributed by atoms with Gasteiger partial charge in [0.05, 0.1) is 23.9 Å². The van der Waals surface area contributed by atoms with Crippen molar-refractivity contribution in [2.75, 3.05) is 19.0 Å². The molecule has 0 bridgehead atoms. The maximum Gasteiger partial charge on any atom is 0.241 e. The van der Waals surface area contributed by atoms with Crippen LogP contribution in [0.4, 0.5) is 10.1 Å². The molecule has 0 spiro atoms. The molecule has 0 aromatic heterocycles. The van der Waals surface area contributed by atoms with Crippen molar-refractivity contribution in [1.29, 1.82) is 0 Å². The fourth-order valence-electron chi connectivity index (χ4n) is 2.56. The SMILES string of the molecule is CCN(Cc1ccc(OC)c(F)c1)[C@@H](C)C(=O)Nc1cc(Cl)ccc1Cl. The Morgan fingerprint density at radius 1 is 1.27 bits per heavy atom. The molecule has 0 saturated carbocycles. The Hall–Kier alpha value is -1.82. The number of nitrogens with one attached hydrogen (secondary N) is 1. The first-order valence-electron chi connectivity index (χ1n) is 8.18. The molecule has 140 valence electrons. The number of methoxy groups -OCH3 is 1. The third-order valence-corrected chi connectivity index (χ3v) is 4.69. The van der Waals surface area contributed by atoms with Crippen LogP contribution in [0.1, 0.15) is 19.4 Å². The van der Waals surface area contributed by atoms with Gasteiger partial charge in [0, 0.05) is 11.6 Å². The number of hydrogen-bond donors (Lipinski definition) is 1. The molecule has 0 aliphatic heterocycles. The van der Waals surface area contributed by atoms with E-state index < -0.39 is 11.9 Å². The van der Waals surface area contributed by atoms with Crippen molar-refractivity contribution in [3.8, 4) is 5.75 Å². The average molecular weight is 399 g/mol. The minimum atomic E-state index is -0.444. The summed E-state index contributed by atoms with van der Waals surface area (Å²) in [6.45, 7) is 4.77. The zero-order valence-electron chi connectivity index (χ0n) is 14.9. The van der Waals surface area contributed by atoms with Gasteiger partial charge in [-0.15, -0.1) is 0 Å². The van der Waals surface area contributed by atoms with Crippen LogP contribution in [-0.2, 0) is 11.3 Å². The van der Waals surface area contributed by atoms with Crippen LogP contribution in [0.25, 0.3) is 0 Å². The second kappa shape index (κ2) is 9.21. The second-order valence-electron chi connectivity index (χ2n) is 5.82. The van der Waals surface area contributed by atoms with Crippen LogP contribution in [0.5, 0.6) is 5.75 Å². The van der Waals surface area contributed by atoms with Gasteiger partial charge in [-0.25, -0.2) is 4.39 Å². The predicted molar refractivity (Wildman–Crippen MR) is 104 cm³/mol. The third-order valence-electron chi connectivity index (χ3n) is 4.12. The van der Waals surface area contributed by atoms with Crippen LogP contribution in [0.15, 0.2) is 36.4 Å². The first-order chi connectivity index (χ1) is 12.3. The summed E-state index contributed by atoms with van der Waals surface area (Å²) in [6, 6.07) is 9.21. The number of likely N-dealkylation sites (N-methyl/N-ethyl adjacent to an activating group) is 1. The molecule has 1 amide bonds. The van der Waals surface area contributed by atoms with Crippen molar-refractivity contribution in [3.05, 3.63) is 57.8 Å². The number of benzene rings is 2. The topological polar surface area (TPSA) is 41.6 Å². The first-order valence-corrected chi connectivity index (χ1v) is 8.93. The van der Waals surface area contributed by atoms with Crippen molar-refractivity contribution in [2.45, 2.75) is 26.4 Å². The highest BCUT2D eigenvalue weighted by Gasteiger charge is 2.21. The molecule has 2 rings (SSSR count). The zero-order valence-corrected chi connectivity index (χ0v) is 16.4. The highest BCUT2D eigenvalue weighted by Crippen LogP contribution is 2.26. The molecular weight excluding hydrogens is 378 g/mol. The van der Waals surface area contributed by atoms with Crippen LogP contribution in [-0.4, -0.2) is 30.5 Å². The summed E-state index contributed by atoms with van der Waals surface area (Å²) >= 11 is 12.0. The van der Waals surface area contributed by atoms with Crippen LogP contribution in [0.3, 0.4) is 0 Å². The van der Waals surface area contributed by atoms with E-state index in [1.54, 1.807) is 37.3 Å². The van der Waals surface area contributed by atoms with Gasteiger partial charge in [0.1, 0.15) is 0 Å². The lowest BCUT2D eigenvalue weighted by molar-refractivity contribution is -0.120. The summed E-state index contributed by atoms with van der Waals surface area (Å²) in [4.78, 5) is 14.5. The van der Waals surface area contributed by atoms with Crippen molar-refractivity contribution in [1.82, 2.24) is 4.90 Å². The molecule has 1 atom stereocenters. The van der Waals surface area contributed by atoms with E-state index in [0.29, 0.717) is 28.8 Å². The van der Waals surface area contributed by atoms with Gasteiger partial charge in [-0.2, -0.15) is 0 Å². The van der Waals surface area contributed by atoms with Crippen LogP contribution in [0.2, 0.25) is 10.0 Å². The van der Waals surface area contributed by atoms with Crippen LogP contribution in [0, 0.1) is 5.82 Å². The fraction of sp³-hybridized carbons (Fsp3) is 0.316. The molecular formula is C19H21Cl2FN2O2. The molecule has 0 unspecified atom stereocenters. The number of ether oxygens (including phenoxy) is 1. The normalized spacial score (nSPS) is 12.1. The Bertz CT molecular complexity index is 786. The zero-order chi connectivity index (χ0) is 19.3. The summed E-state index contributed by atoms with van der Waals surface area (Å²) < 4.78 is 18.8. The maximum atomic E-state index is 13.9. The van der Waals surface area contributed by atoms with Crippen molar-refractivity contribution in [2.24, 2.45) is 0 Å². The van der Waals surface area contributed by atoms with Gasteiger partial charge in [0.25, 0.3) is 0 Å². The number of amides is 1. The highest BCUT2D eigenvalue weighted by atomic mass is 35.5. The Morgan fingerprint density at radius 2 is 2.00 bits per heavy atom. The van der Waals surface area contributed by atoms with Crippen molar-refractivity contribution in [3.63, 3.8) is 0 Å². The summed E-state index contributed by atoms with van der Waals surface area (Å²) in [5.41, 5.74) is 1.22. The molecule has 0 aliphatic rings. The van der Waals surface area contributed by atoms with Gasteiger partial charge in [-0.05, 0) is 49.4 Å². The molecule has 1 N–H and O–H groups in total. The minimum absolute atomic E-state index is 0.193. The van der Waals surface area contributed by atoms with Gasteiger partial charge in [-0.3, -0.25) is 9.69 Å². The molecule has 7 heteroatoms. The van der Waals surface area contributed by atoms with Crippen LogP contribution < -0.4 is 10.1 Å². The number of halogens is 3. The molecule has 0 radical (unpaired) electrons. The van der Waals surface area contributed by atoms with E-state index in [9.17, 15) is 9.18 Å². The summed E-state index contributed by atoms with van der Waals surface area (Å²) in [5.74, 6) is -0.452. The Balaban J connectivity index is 2.09. The summed E-state index contributed by atoms with van der Waals surface area (Å²) in [5, 5.41) is 3.69. The molecule has 0 saturated heterocycles. The average Bonchev–Trinajstić information content (AvgIpc) is 2.62. The largest absolute Gasteiger partial charge is 0.494 e. The second-order valence-corrected chi connectivity index (χ2v) is 6.67. The molecule has 2 aromatic rings. The van der Waals surface area contributed by atoms with Gasteiger partial charge in [0.2, 0.25) is 5.91 Å². The summed E-state index contributed by atoms with van der Waals surface area (Å²) in [6.07, 6.45) is 0. The monoisotopic (exact) mass is 398 g/mol. The predicted octanol–water partition coefficient (Wildman–Crippen LogP) is 4.99. The molecule has 0 aliphatic carbocycles. The fourth-order valence-corrected chi connectivity index (χ4v) is 2.90. The summed E-state index contributed by atoms with van der Waals surface area (Å²) in [7, 11) is 1.42. The third kappa shape index (κ3) is 5.10. The lowest BCUT2D eigenvalue weighted by Crippen LogP contribution is -2.41.